The van der Waals surface area contributed by atoms with E-state index in [-0.39, 0.29) is 11.6 Å². The highest BCUT2D eigenvalue weighted by Crippen LogP contribution is 2.47. The lowest BCUT2D eigenvalue weighted by molar-refractivity contribution is -0.142. The van der Waals surface area contributed by atoms with Crippen LogP contribution in [0.3, 0.4) is 0 Å². The van der Waals surface area contributed by atoms with E-state index >= 15 is 0 Å². The number of nitrogens with zero attached hydrogens (tertiary/aromatic N) is 4. The molecule has 1 saturated carbocycles. The largest absolute Gasteiger partial charge is 0.481 e. The molecule has 39 heavy (non-hydrogen) atoms. The molecule has 3 aliphatic heterocycles. The smallest absolute Gasteiger partial charge is 0.310 e. The van der Waals surface area contributed by atoms with E-state index in [0.717, 1.165) is 35.7 Å². The van der Waals surface area contributed by atoms with Gasteiger partial charge in [-0.15, -0.1) is 0 Å². The van der Waals surface area contributed by atoms with Crippen molar-refractivity contribution in [1.29, 1.82) is 0 Å². The Labute approximate surface area is 232 Å². The van der Waals surface area contributed by atoms with Crippen molar-refractivity contribution in [1.82, 2.24) is 14.5 Å². The summed E-state index contributed by atoms with van der Waals surface area (Å²) in [4.78, 5) is 34.7. The fourth-order valence-electron chi connectivity index (χ4n) is 8.72. The number of para-hydroxylation sites is 2. The lowest BCUT2D eigenvalue weighted by Gasteiger charge is -2.50. The van der Waals surface area contributed by atoms with E-state index < -0.39 is 11.9 Å². The van der Waals surface area contributed by atoms with Gasteiger partial charge in [0.25, 0.3) is 5.56 Å². The summed E-state index contributed by atoms with van der Waals surface area (Å²) in [5, 5.41) is 9.35. The molecular weight excluding hydrogens is 488 g/mol. The fourth-order valence-corrected chi connectivity index (χ4v) is 8.72. The lowest BCUT2D eigenvalue weighted by atomic mass is 9.63. The average molecular weight is 535 g/mol. The molecule has 1 N–H and O–H groups in total. The van der Waals surface area contributed by atoms with Gasteiger partial charge in [0.1, 0.15) is 0 Å². The Morgan fingerprint density at radius 2 is 1.77 bits per heavy atom. The van der Waals surface area contributed by atoms with Crippen molar-refractivity contribution < 1.29 is 9.90 Å². The predicted molar refractivity (Wildman–Crippen MR) is 155 cm³/mol. The van der Waals surface area contributed by atoms with E-state index in [0.29, 0.717) is 36.4 Å². The number of hydrogen-bond acceptors (Lipinski definition) is 5. The standard InChI is InChI=1S/C32H46N4O3/c1-4-23-13-12-21(18-32(23,2)3)14-15-35-24-8-7-9-25(35)17-26(16-24)36-28-11-6-5-10-27(28)33-29(30(36)37)34-19-22(20-34)31(38)39/h5-6,10-11,21-26H,4,7-9,12-20H2,1-3H3,(H,38,39)/t21-,23-,24-,25+,26?/m0/s1. The van der Waals surface area contributed by atoms with E-state index in [1.165, 1.54) is 57.9 Å². The number of aromatic nitrogens is 2. The molecule has 1 aromatic heterocycles. The molecule has 4 fully saturated rings. The molecule has 7 heteroatoms. The molecule has 0 spiro atoms. The first-order valence-corrected chi connectivity index (χ1v) is 15.5. The van der Waals surface area contributed by atoms with Crippen LogP contribution in [0.1, 0.15) is 91.0 Å². The summed E-state index contributed by atoms with van der Waals surface area (Å²) >= 11 is 0. The molecule has 3 saturated heterocycles. The molecule has 1 aromatic carbocycles. The van der Waals surface area contributed by atoms with Gasteiger partial charge in [-0.3, -0.25) is 14.5 Å². The van der Waals surface area contributed by atoms with Crippen LogP contribution < -0.4 is 10.5 Å². The molecule has 5 atom stereocenters. The van der Waals surface area contributed by atoms with Gasteiger partial charge in [0.2, 0.25) is 0 Å². The van der Waals surface area contributed by atoms with E-state index in [4.69, 9.17) is 4.98 Å². The number of carboxylic acids is 1. The monoisotopic (exact) mass is 534 g/mol. The summed E-state index contributed by atoms with van der Waals surface area (Å²) in [6.45, 7) is 9.24. The van der Waals surface area contributed by atoms with Gasteiger partial charge < -0.3 is 14.6 Å². The third-order valence-corrected chi connectivity index (χ3v) is 10.9. The normalized spacial score (nSPS) is 31.3. The SMILES string of the molecule is CC[C@H]1CC[C@@H](CCN2[C@@H]3CCC[C@H]2CC(n2c(=O)c(N4CC(C(=O)O)C4)nc4ccccc42)C3)CC1(C)C. The van der Waals surface area contributed by atoms with Crippen LogP contribution in [-0.4, -0.2) is 57.2 Å². The highest BCUT2D eigenvalue weighted by molar-refractivity contribution is 5.78. The summed E-state index contributed by atoms with van der Waals surface area (Å²) in [7, 11) is 0. The zero-order chi connectivity index (χ0) is 27.3. The number of anilines is 1. The molecule has 0 amide bonds. The van der Waals surface area contributed by atoms with Crippen LogP contribution in [-0.2, 0) is 4.79 Å². The summed E-state index contributed by atoms with van der Waals surface area (Å²) in [6, 6.07) is 9.20. The maximum absolute atomic E-state index is 13.9. The lowest BCUT2D eigenvalue weighted by Crippen LogP contribution is -2.55. The van der Waals surface area contributed by atoms with E-state index in [9.17, 15) is 14.7 Å². The minimum Gasteiger partial charge on any atom is -0.481 e. The number of carboxylic acid groups (broad SMARTS) is 1. The number of benzene rings is 1. The molecule has 1 aliphatic carbocycles. The van der Waals surface area contributed by atoms with Crippen molar-refractivity contribution in [3.05, 3.63) is 34.6 Å². The molecule has 2 bridgehead atoms. The second-order valence-corrected chi connectivity index (χ2v) is 13.7. The van der Waals surface area contributed by atoms with Crippen LogP contribution in [0.2, 0.25) is 0 Å². The van der Waals surface area contributed by atoms with E-state index in [2.05, 4.69) is 25.7 Å². The van der Waals surface area contributed by atoms with Crippen LogP contribution >= 0.6 is 0 Å². The first kappa shape index (κ1) is 26.8. The van der Waals surface area contributed by atoms with Crippen molar-refractivity contribution >= 4 is 22.8 Å². The maximum Gasteiger partial charge on any atom is 0.310 e. The van der Waals surface area contributed by atoms with E-state index in [1.54, 1.807) is 0 Å². The summed E-state index contributed by atoms with van der Waals surface area (Å²) in [6.07, 6.45) is 12.5. The number of aliphatic carboxylic acids is 1. The zero-order valence-corrected chi connectivity index (χ0v) is 24.0. The third-order valence-electron chi connectivity index (χ3n) is 10.9. The van der Waals surface area contributed by atoms with Gasteiger partial charge >= 0.3 is 5.97 Å². The van der Waals surface area contributed by atoms with Crippen molar-refractivity contribution in [3.8, 4) is 0 Å². The minimum atomic E-state index is -0.797. The first-order chi connectivity index (χ1) is 18.7. The molecule has 7 nitrogen and oxygen atoms in total. The number of piperidine rings is 2. The highest BCUT2D eigenvalue weighted by Gasteiger charge is 2.42. The van der Waals surface area contributed by atoms with Gasteiger partial charge in [0.15, 0.2) is 5.82 Å². The Hall–Kier alpha value is -2.41. The van der Waals surface area contributed by atoms with Crippen LogP contribution in [0.25, 0.3) is 11.0 Å². The first-order valence-electron chi connectivity index (χ1n) is 15.5. The van der Waals surface area contributed by atoms with Crippen molar-refractivity contribution in [2.24, 2.45) is 23.2 Å². The third kappa shape index (κ3) is 5.00. The van der Waals surface area contributed by atoms with Crippen LogP contribution in [0, 0.1) is 23.2 Å². The van der Waals surface area contributed by atoms with Gasteiger partial charge in [-0.1, -0.05) is 52.2 Å². The van der Waals surface area contributed by atoms with Crippen LogP contribution in [0.5, 0.6) is 0 Å². The molecule has 4 aliphatic rings. The van der Waals surface area contributed by atoms with Crippen LogP contribution in [0.15, 0.2) is 29.1 Å². The topological polar surface area (TPSA) is 78.7 Å². The Kier molecular flexibility index (Phi) is 7.23. The Bertz CT molecular complexity index is 1250. The minimum absolute atomic E-state index is 0.0519. The maximum atomic E-state index is 13.9. The van der Waals surface area contributed by atoms with Crippen molar-refractivity contribution in [2.45, 2.75) is 103 Å². The molecular formula is C32H46N4O3. The number of fused-ring (bicyclic) bond motifs is 3. The van der Waals surface area contributed by atoms with Gasteiger partial charge in [-0.05, 0) is 80.9 Å². The number of rotatable bonds is 7. The number of hydrogen-bond donors (Lipinski definition) is 1. The summed E-state index contributed by atoms with van der Waals surface area (Å²) < 4.78 is 2.03. The Morgan fingerprint density at radius 1 is 1.05 bits per heavy atom. The van der Waals surface area contributed by atoms with Crippen molar-refractivity contribution in [2.75, 3.05) is 24.5 Å². The van der Waals surface area contributed by atoms with Gasteiger partial charge in [-0.25, -0.2) is 4.98 Å². The average Bonchev–Trinajstić information content (AvgIpc) is 2.86. The van der Waals surface area contributed by atoms with Gasteiger partial charge in [0.05, 0.1) is 17.0 Å². The van der Waals surface area contributed by atoms with E-state index in [1.807, 2.05) is 33.7 Å². The van der Waals surface area contributed by atoms with Crippen molar-refractivity contribution in [3.63, 3.8) is 0 Å². The second-order valence-electron chi connectivity index (χ2n) is 13.7. The molecule has 1 unspecified atom stereocenters. The predicted octanol–water partition coefficient (Wildman–Crippen LogP) is 5.72. The Balaban J connectivity index is 1.21. The van der Waals surface area contributed by atoms with Crippen LogP contribution in [0.4, 0.5) is 5.82 Å². The highest BCUT2D eigenvalue weighted by atomic mass is 16.4. The summed E-state index contributed by atoms with van der Waals surface area (Å²) in [5.74, 6) is 0.908. The summed E-state index contributed by atoms with van der Waals surface area (Å²) in [5.41, 5.74) is 2.14. The molecule has 0 radical (unpaired) electrons. The van der Waals surface area contributed by atoms with Gasteiger partial charge in [0, 0.05) is 31.2 Å². The molecule has 6 rings (SSSR count). The molecule has 212 valence electrons. The Morgan fingerprint density at radius 3 is 2.44 bits per heavy atom. The molecule has 4 heterocycles. The fraction of sp³-hybridized carbons (Fsp3) is 0.719. The molecule has 2 aromatic rings. The van der Waals surface area contributed by atoms with Gasteiger partial charge in [-0.2, -0.15) is 0 Å². The number of carbonyl (C=O) groups is 1. The second kappa shape index (κ2) is 10.5. The quantitative estimate of drug-likeness (QED) is 0.490. The zero-order valence-electron chi connectivity index (χ0n) is 24.0.